The highest BCUT2D eigenvalue weighted by Gasteiger charge is 2.12. The van der Waals surface area contributed by atoms with Crippen LogP contribution in [-0.4, -0.2) is 9.97 Å². The molecule has 0 aliphatic carbocycles. The first-order chi connectivity index (χ1) is 8.09. The van der Waals surface area contributed by atoms with Crippen LogP contribution in [-0.2, 0) is 0 Å². The van der Waals surface area contributed by atoms with Gasteiger partial charge in [-0.1, -0.05) is 6.07 Å². The molecule has 17 heavy (non-hydrogen) atoms. The third kappa shape index (κ3) is 2.33. The van der Waals surface area contributed by atoms with Gasteiger partial charge in [-0.05, 0) is 28.1 Å². The number of hydrogen-bond donors (Lipinski definition) is 2. The average Bonchev–Trinajstić information content (AvgIpc) is 2.29. The maximum atomic E-state index is 13.3. The van der Waals surface area contributed by atoms with E-state index in [0.717, 1.165) is 18.5 Å². The van der Waals surface area contributed by atoms with Gasteiger partial charge in [-0.3, -0.25) is 4.79 Å². The van der Waals surface area contributed by atoms with E-state index >= 15 is 0 Å². The molecule has 2 rings (SSSR count). The lowest BCUT2D eigenvalue weighted by atomic mass is 10.3. The molecule has 2 N–H and O–H groups in total. The standard InChI is InChI=1S/C10H6BrF2N3O/c11-7-9(14-4-15-10(7)17)16-8-5(12)2-1-3-6(8)13/h1-4H,(H2,14,15,16,17). The lowest BCUT2D eigenvalue weighted by molar-refractivity contribution is 0.590. The van der Waals surface area contributed by atoms with Crippen LogP contribution in [0.3, 0.4) is 0 Å². The van der Waals surface area contributed by atoms with Crippen LogP contribution in [0.5, 0.6) is 0 Å². The molecule has 0 fully saturated rings. The van der Waals surface area contributed by atoms with Crippen LogP contribution in [0, 0.1) is 11.6 Å². The average molecular weight is 302 g/mol. The molecule has 1 aromatic carbocycles. The monoisotopic (exact) mass is 301 g/mol. The van der Waals surface area contributed by atoms with Gasteiger partial charge in [0.1, 0.15) is 21.8 Å². The van der Waals surface area contributed by atoms with Gasteiger partial charge in [0.15, 0.2) is 5.82 Å². The Bertz CT molecular complexity index is 594. The van der Waals surface area contributed by atoms with Crippen molar-refractivity contribution in [2.45, 2.75) is 0 Å². The minimum atomic E-state index is -0.765. The lowest BCUT2D eigenvalue weighted by Gasteiger charge is -2.08. The van der Waals surface area contributed by atoms with E-state index in [2.05, 4.69) is 31.2 Å². The van der Waals surface area contributed by atoms with Gasteiger partial charge in [-0.2, -0.15) is 0 Å². The van der Waals surface area contributed by atoms with Gasteiger partial charge < -0.3 is 10.3 Å². The number of benzene rings is 1. The molecule has 0 amide bonds. The van der Waals surface area contributed by atoms with E-state index in [4.69, 9.17) is 0 Å². The fraction of sp³-hybridized carbons (Fsp3) is 0. The second-order valence-electron chi connectivity index (χ2n) is 3.12. The highest BCUT2D eigenvalue weighted by atomic mass is 79.9. The number of nitrogens with one attached hydrogen (secondary N) is 2. The molecule has 2 aromatic rings. The summed E-state index contributed by atoms with van der Waals surface area (Å²) in [5.74, 6) is -1.49. The fourth-order valence-corrected chi connectivity index (χ4v) is 1.52. The van der Waals surface area contributed by atoms with E-state index in [1.54, 1.807) is 0 Å². The number of nitrogens with zero attached hydrogens (tertiary/aromatic N) is 1. The lowest BCUT2D eigenvalue weighted by Crippen LogP contribution is -2.11. The Morgan fingerprint density at radius 2 is 1.94 bits per heavy atom. The Balaban J connectivity index is 2.45. The number of para-hydroxylation sites is 1. The Kier molecular flexibility index (Phi) is 3.19. The van der Waals surface area contributed by atoms with Crippen LogP contribution in [0.4, 0.5) is 20.3 Å². The van der Waals surface area contributed by atoms with Crippen LogP contribution in [0.1, 0.15) is 0 Å². The van der Waals surface area contributed by atoms with Crippen LogP contribution in [0.15, 0.2) is 33.8 Å². The molecule has 7 heteroatoms. The third-order valence-electron chi connectivity index (χ3n) is 2.00. The van der Waals surface area contributed by atoms with Crippen molar-refractivity contribution >= 4 is 27.4 Å². The van der Waals surface area contributed by atoms with Crippen LogP contribution in [0.2, 0.25) is 0 Å². The summed E-state index contributed by atoms with van der Waals surface area (Å²) in [4.78, 5) is 17.3. The van der Waals surface area contributed by atoms with E-state index in [-0.39, 0.29) is 16.0 Å². The van der Waals surface area contributed by atoms with Gasteiger partial charge in [0.25, 0.3) is 5.56 Å². The van der Waals surface area contributed by atoms with Gasteiger partial charge in [0.2, 0.25) is 0 Å². The van der Waals surface area contributed by atoms with Crippen molar-refractivity contribution in [3.8, 4) is 0 Å². The summed E-state index contributed by atoms with van der Waals surface area (Å²) in [5.41, 5.74) is -0.800. The smallest absolute Gasteiger partial charge is 0.267 e. The minimum absolute atomic E-state index is 0.0396. The summed E-state index contributed by atoms with van der Waals surface area (Å²) < 4.78 is 26.7. The van der Waals surface area contributed by atoms with Crippen molar-refractivity contribution in [1.82, 2.24) is 9.97 Å². The zero-order chi connectivity index (χ0) is 12.4. The van der Waals surface area contributed by atoms with Crippen LogP contribution < -0.4 is 10.9 Å². The van der Waals surface area contributed by atoms with Gasteiger partial charge in [-0.15, -0.1) is 0 Å². The molecule has 1 heterocycles. The summed E-state index contributed by atoms with van der Waals surface area (Å²) >= 11 is 2.97. The van der Waals surface area contributed by atoms with Crippen molar-refractivity contribution in [3.63, 3.8) is 0 Å². The van der Waals surface area contributed by atoms with E-state index in [9.17, 15) is 13.6 Å². The molecule has 88 valence electrons. The second kappa shape index (κ2) is 4.62. The summed E-state index contributed by atoms with van der Waals surface area (Å²) in [6.07, 6.45) is 1.13. The third-order valence-corrected chi connectivity index (χ3v) is 2.74. The largest absolute Gasteiger partial charge is 0.334 e. The topological polar surface area (TPSA) is 57.8 Å². The first-order valence-electron chi connectivity index (χ1n) is 4.54. The second-order valence-corrected chi connectivity index (χ2v) is 3.91. The number of aromatic amines is 1. The van der Waals surface area contributed by atoms with Crippen molar-refractivity contribution in [1.29, 1.82) is 0 Å². The molecular weight excluding hydrogens is 296 g/mol. The SMILES string of the molecule is O=c1[nH]cnc(Nc2c(F)cccc2F)c1Br. The molecule has 0 aliphatic rings. The Labute approximate surface area is 103 Å². The maximum Gasteiger partial charge on any atom is 0.267 e. The van der Waals surface area contributed by atoms with Crippen LogP contribution >= 0.6 is 15.9 Å². The predicted octanol–water partition coefficient (Wildman–Crippen LogP) is 2.55. The number of anilines is 2. The maximum absolute atomic E-state index is 13.3. The zero-order valence-electron chi connectivity index (χ0n) is 8.30. The summed E-state index contributed by atoms with van der Waals surface area (Å²) in [7, 11) is 0. The zero-order valence-corrected chi connectivity index (χ0v) is 9.88. The molecule has 0 bridgehead atoms. The molecular formula is C10H6BrF2N3O. The normalized spacial score (nSPS) is 10.3. The van der Waals surface area contributed by atoms with E-state index in [1.165, 1.54) is 6.07 Å². The van der Waals surface area contributed by atoms with Gasteiger partial charge >= 0.3 is 0 Å². The number of rotatable bonds is 2. The molecule has 4 nitrogen and oxygen atoms in total. The van der Waals surface area contributed by atoms with E-state index in [0.29, 0.717) is 0 Å². The molecule has 0 spiro atoms. The van der Waals surface area contributed by atoms with Crippen molar-refractivity contribution in [3.05, 3.63) is 51.0 Å². The fourth-order valence-electron chi connectivity index (χ4n) is 1.21. The highest BCUT2D eigenvalue weighted by molar-refractivity contribution is 9.10. The minimum Gasteiger partial charge on any atom is -0.334 e. The summed E-state index contributed by atoms with van der Waals surface area (Å²) in [6.45, 7) is 0. The first kappa shape index (κ1) is 11.7. The molecule has 0 unspecified atom stereocenters. The molecule has 0 aliphatic heterocycles. The van der Waals surface area contributed by atoms with Gasteiger partial charge in [0.05, 0.1) is 6.33 Å². The number of aromatic nitrogens is 2. The van der Waals surface area contributed by atoms with Crippen molar-refractivity contribution in [2.24, 2.45) is 0 Å². The molecule has 0 atom stereocenters. The quantitative estimate of drug-likeness (QED) is 0.896. The van der Waals surface area contributed by atoms with Gasteiger partial charge in [-0.25, -0.2) is 13.8 Å². The molecule has 0 saturated carbocycles. The number of hydrogen-bond acceptors (Lipinski definition) is 3. The predicted molar refractivity (Wildman–Crippen MR) is 62.2 cm³/mol. The Hall–Kier alpha value is -1.76. The van der Waals surface area contributed by atoms with Crippen molar-refractivity contribution < 1.29 is 8.78 Å². The number of H-pyrrole nitrogens is 1. The van der Waals surface area contributed by atoms with Crippen molar-refractivity contribution in [2.75, 3.05) is 5.32 Å². The van der Waals surface area contributed by atoms with Gasteiger partial charge in [0, 0.05) is 0 Å². The Morgan fingerprint density at radius 3 is 2.59 bits per heavy atom. The molecule has 1 aromatic heterocycles. The summed E-state index contributed by atoms with van der Waals surface area (Å²) in [5, 5.41) is 2.42. The van der Waals surface area contributed by atoms with E-state index in [1.807, 2.05) is 0 Å². The highest BCUT2D eigenvalue weighted by Crippen LogP contribution is 2.24. The molecule has 0 saturated heterocycles. The summed E-state index contributed by atoms with van der Waals surface area (Å²) in [6, 6.07) is 3.45. The first-order valence-corrected chi connectivity index (χ1v) is 5.33. The molecule has 0 radical (unpaired) electrons. The Morgan fingerprint density at radius 1 is 1.29 bits per heavy atom. The number of halogens is 3. The van der Waals surface area contributed by atoms with E-state index < -0.39 is 17.2 Å². The van der Waals surface area contributed by atoms with Crippen LogP contribution in [0.25, 0.3) is 0 Å².